The molecule has 3 aliphatic heterocycles. The quantitative estimate of drug-likeness (QED) is 0.0211. The second kappa shape index (κ2) is 47.1. The second-order valence-electron chi connectivity index (χ2n) is 33.1. The molecule has 3 aromatic heterocycles. The van der Waals surface area contributed by atoms with Crippen molar-refractivity contribution >= 4 is 64.6 Å². The van der Waals surface area contributed by atoms with Gasteiger partial charge in [0.15, 0.2) is 30.3 Å². The summed E-state index contributed by atoms with van der Waals surface area (Å²) in [5, 5.41) is 66.8. The first-order valence-electron chi connectivity index (χ1n) is 45.2. The van der Waals surface area contributed by atoms with Crippen LogP contribution < -0.4 is 14.8 Å². The van der Waals surface area contributed by atoms with Crippen LogP contribution in [-0.2, 0) is 48.5 Å². The van der Waals surface area contributed by atoms with Crippen LogP contribution in [0.4, 0.5) is 10.1 Å². The number of carboxylic acids is 1. The number of amides is 7. The number of hydrogen-bond donors (Lipinski definition) is 6. The number of aliphatic carboxylic acids is 1. The van der Waals surface area contributed by atoms with Gasteiger partial charge in [-0.2, -0.15) is 15.3 Å². The number of aryl methyl sites for hydroxylation is 2. The number of para-hydroxylation sites is 1. The molecule has 10 aromatic rings. The zero-order chi connectivity index (χ0) is 93.2. The van der Waals surface area contributed by atoms with E-state index < -0.39 is 49.0 Å². The van der Waals surface area contributed by atoms with Crippen LogP contribution in [0.1, 0.15) is 232 Å². The predicted molar refractivity (Wildman–Crippen MR) is 495 cm³/mol. The van der Waals surface area contributed by atoms with Crippen molar-refractivity contribution in [3.8, 4) is 34.3 Å². The molecule has 0 fully saturated rings. The number of anilines is 1. The minimum atomic E-state index is -1.13. The zero-order valence-electron chi connectivity index (χ0n) is 75.8. The number of fused-ring (bicyclic) bond motifs is 3. The molecule has 0 bridgehead atoms. The van der Waals surface area contributed by atoms with Crippen LogP contribution >= 0.6 is 11.6 Å². The molecule has 0 unspecified atom stereocenters. The molecule has 7 aromatic carbocycles. The lowest BCUT2D eigenvalue weighted by Gasteiger charge is -2.36. The maximum atomic E-state index is 14.3. The van der Waals surface area contributed by atoms with E-state index in [1.165, 1.54) is 39.7 Å². The van der Waals surface area contributed by atoms with E-state index in [1.807, 2.05) is 89.5 Å². The number of aromatic hydroxyl groups is 1. The van der Waals surface area contributed by atoms with Crippen molar-refractivity contribution in [2.45, 2.75) is 196 Å². The highest BCUT2D eigenvalue weighted by Gasteiger charge is 2.38. The van der Waals surface area contributed by atoms with Gasteiger partial charge >= 0.3 is 5.97 Å². The normalized spacial score (nSPS) is 14.3. The van der Waals surface area contributed by atoms with Crippen molar-refractivity contribution in [1.29, 1.82) is 0 Å². The number of rotatable bonds is 37. The van der Waals surface area contributed by atoms with E-state index in [9.17, 15) is 63.2 Å². The van der Waals surface area contributed by atoms with Crippen LogP contribution in [0.3, 0.4) is 0 Å². The predicted octanol–water partition coefficient (Wildman–Crippen LogP) is 15.3. The largest absolute Gasteiger partial charge is 0.508 e. The van der Waals surface area contributed by atoms with Crippen LogP contribution in [0, 0.1) is 26.6 Å². The van der Waals surface area contributed by atoms with E-state index >= 15 is 0 Å². The van der Waals surface area contributed by atoms with Gasteiger partial charge in [-0.25, -0.2) is 23.2 Å². The number of halogens is 2. The number of unbranched alkanes of at least 4 members (excludes halogenated alkanes) is 6. The molecule has 30 heteroatoms. The van der Waals surface area contributed by atoms with Crippen molar-refractivity contribution < 1.29 is 77.8 Å². The summed E-state index contributed by atoms with van der Waals surface area (Å²) >= 11 is 6.68. The van der Waals surface area contributed by atoms with Gasteiger partial charge in [0.25, 0.3) is 41.4 Å². The van der Waals surface area contributed by atoms with E-state index in [1.54, 1.807) is 98.8 Å². The molecule has 6 N–H and O–H groups in total. The fourth-order valence-electron chi connectivity index (χ4n) is 16.3. The molecule has 7 amide bonds. The topological polar surface area (TPSA) is 341 Å². The Morgan fingerprint density at radius 2 is 0.808 bits per heavy atom. The molecule has 3 aliphatic rings. The number of benzene rings is 7. The number of carboxylic acid groups (broad SMARTS) is 1. The number of ether oxygens (including phenoxy) is 2. The van der Waals surface area contributed by atoms with Gasteiger partial charge in [-0.1, -0.05) is 177 Å². The van der Waals surface area contributed by atoms with Crippen LogP contribution in [-0.4, -0.2) is 222 Å². The molecule has 13 rings (SSSR count). The Labute approximate surface area is 764 Å². The molecule has 0 saturated heterocycles. The zero-order valence-corrected chi connectivity index (χ0v) is 76.5. The number of nitrogens with zero attached hydrogens (tertiary/aromatic N) is 12. The molecular weight excluding hydrogens is 1680 g/mol. The molecule has 6 heterocycles. The molecule has 0 saturated carbocycles. The molecule has 130 heavy (non-hydrogen) atoms. The number of carbonyl (C=O) groups excluding carboxylic acids is 7. The lowest BCUT2D eigenvalue weighted by Crippen LogP contribution is -2.46. The molecule has 0 radical (unpaired) electrons. The lowest BCUT2D eigenvalue weighted by molar-refractivity contribution is -0.139. The molecule has 28 nitrogen and oxygen atoms in total. The number of phenols is 1. The van der Waals surface area contributed by atoms with Crippen LogP contribution in [0.5, 0.6) is 17.2 Å². The highest BCUT2D eigenvalue weighted by Crippen LogP contribution is 2.36. The maximum absolute atomic E-state index is 14.3. The van der Waals surface area contributed by atoms with Gasteiger partial charge in [0.2, 0.25) is 0 Å². The van der Waals surface area contributed by atoms with E-state index in [4.69, 9.17) is 31.3 Å². The third-order valence-electron chi connectivity index (χ3n) is 23.7. The van der Waals surface area contributed by atoms with Gasteiger partial charge in [0.1, 0.15) is 23.1 Å². The number of hydrogen-bond acceptors (Lipinski definition) is 17. The third kappa shape index (κ3) is 24.1. The number of carbonyl (C=O) groups is 8. The van der Waals surface area contributed by atoms with Gasteiger partial charge in [0, 0.05) is 82.4 Å². The Morgan fingerprint density at radius 1 is 0.438 bits per heavy atom. The summed E-state index contributed by atoms with van der Waals surface area (Å²) in [6, 6.07) is 45.6. The molecule has 690 valence electrons. The summed E-state index contributed by atoms with van der Waals surface area (Å²) in [5.41, 5.74) is 10.8. The Hall–Kier alpha value is -12.6. The van der Waals surface area contributed by atoms with Crippen molar-refractivity contribution in [3.63, 3.8) is 0 Å². The van der Waals surface area contributed by atoms with Gasteiger partial charge in [-0.05, 0) is 179 Å². The first kappa shape index (κ1) is 98.0. The number of aliphatic hydroxyl groups is 3. The summed E-state index contributed by atoms with van der Waals surface area (Å²) in [4.78, 5) is 117. The molecule has 0 spiro atoms. The minimum Gasteiger partial charge on any atom is -0.508 e. The smallest absolute Gasteiger partial charge is 0.341 e. The van der Waals surface area contributed by atoms with Crippen molar-refractivity contribution in [1.82, 2.24) is 58.7 Å². The highest BCUT2D eigenvalue weighted by molar-refractivity contribution is 6.34. The van der Waals surface area contributed by atoms with Gasteiger partial charge in [-0.15, -0.1) is 0 Å². The average Bonchev–Trinajstić information content (AvgIpc) is 1.52. The number of phenolic OH excluding ortho intramolecular Hbond substituents is 1. The monoisotopic (exact) mass is 1800 g/mol. The lowest BCUT2D eigenvalue weighted by atomic mass is 9.93. The Kier molecular flexibility index (Phi) is 35.5. The first-order chi connectivity index (χ1) is 62.8. The average molecular weight is 1800 g/mol. The summed E-state index contributed by atoms with van der Waals surface area (Å²) in [7, 11) is 0. The Morgan fingerprint density at radius 3 is 1.19 bits per heavy atom. The standard InChI is InChI=1S/C38H44FN5O5.C32H40N4O6.C30H37ClN4O4/c1-4-6-18-42(19-7-5-2)38(48)34-20-26(3)44(41-34)35-22-30(49-25-36(46)40-33-15-11-10-14-32(33)39)16-17-31(35)37(47)43-23-28-13-9-8-12-27(28)21-29(43)24-45;1-4-6-14-34(15-7-5-2)32(41)28-16-22(3)36(33-28)29-18-26(42-21-30(38)39)12-13-27(29)31(40)35-19-24-11-9-8-10-23(24)17-25(35)20-37;1-4-6-14-33(15-7-5-2)30(39)28-27(31)20(3)35(32-28)26-13-12-24(37)17-25(26)29(38)34-18-22-11-9-8-10-21(22)16-23(34)19-36/h8-17,20,22,29,45H,4-7,18-19,21,23-25H2,1-3H3,(H,40,46);8-13,16,18,25,37H,4-7,14-15,17,19-21H2,1-3H3,(H,38,39);8-13,17,23,36-37H,4-7,14-16,18-19H2,1-3H3/t29-;25-;23-/m000/s1. The summed E-state index contributed by atoms with van der Waals surface area (Å²) in [6.45, 7) is 21.1. The van der Waals surface area contributed by atoms with E-state index in [0.717, 1.165) is 110 Å². The first-order valence-corrected chi connectivity index (χ1v) is 45.5. The van der Waals surface area contributed by atoms with E-state index in [-0.39, 0.29) is 106 Å². The SMILES string of the molecule is CCCCN(CCCC)C(=O)c1cc(C)n(-c2cc(OCC(=O)Nc3ccccc3F)ccc2C(=O)N2Cc3ccccc3C[C@H]2CO)n1.CCCCN(CCCC)C(=O)c1cc(C)n(-c2cc(OCC(=O)O)ccc2C(=O)N2Cc3ccccc3C[C@H]2CO)n1.CCCCN(CCCC)C(=O)c1nn(-c2ccc(O)cc2C(=O)N2Cc3ccccc3C[C@H]2CO)c(C)c1Cl. The minimum absolute atomic E-state index is 0.0376. The van der Waals surface area contributed by atoms with E-state index in [0.29, 0.717) is 123 Å². The third-order valence-corrected chi connectivity index (χ3v) is 24.1. The number of nitrogens with one attached hydrogen (secondary N) is 1. The fraction of sp³-hybridized carbons (Fsp3) is 0.410. The summed E-state index contributed by atoms with van der Waals surface area (Å²) in [5.74, 6) is -3.35. The number of aromatic nitrogens is 6. The van der Waals surface area contributed by atoms with Crippen LogP contribution in [0.2, 0.25) is 5.02 Å². The van der Waals surface area contributed by atoms with Crippen LogP contribution in [0.25, 0.3) is 17.1 Å². The van der Waals surface area contributed by atoms with Crippen molar-refractivity contribution in [2.75, 3.05) is 77.6 Å². The highest BCUT2D eigenvalue weighted by atomic mass is 35.5. The van der Waals surface area contributed by atoms with E-state index in [2.05, 4.69) is 57.1 Å². The van der Waals surface area contributed by atoms with Gasteiger partial charge < -0.3 is 69.7 Å². The number of aliphatic hydroxyl groups excluding tert-OH is 3. The Balaban J connectivity index is 0.000000190. The van der Waals surface area contributed by atoms with Gasteiger partial charge in [0.05, 0.1) is 88.1 Å². The summed E-state index contributed by atoms with van der Waals surface area (Å²) < 4.78 is 29.9. The molecule has 0 aliphatic carbocycles. The van der Waals surface area contributed by atoms with Crippen LogP contribution in [0.15, 0.2) is 164 Å². The molecular formula is C100H121ClFN13O15. The Bertz CT molecular complexity index is 5590. The second-order valence-corrected chi connectivity index (χ2v) is 33.5. The summed E-state index contributed by atoms with van der Waals surface area (Å²) in [6.07, 6.45) is 12.6. The van der Waals surface area contributed by atoms with Crippen molar-refractivity contribution in [2.24, 2.45) is 0 Å². The fourth-order valence-corrected chi connectivity index (χ4v) is 16.5. The van der Waals surface area contributed by atoms with Gasteiger partial charge in [-0.3, -0.25) is 33.6 Å². The molecule has 3 atom stereocenters. The maximum Gasteiger partial charge on any atom is 0.341 e. The van der Waals surface area contributed by atoms with Crippen molar-refractivity contribution in [3.05, 3.63) is 259 Å².